The zero-order valence-corrected chi connectivity index (χ0v) is 7.39. The highest BCUT2D eigenvalue weighted by molar-refractivity contribution is 5.35. The highest BCUT2D eigenvalue weighted by Gasteiger charge is 2.01. The van der Waals surface area contributed by atoms with Gasteiger partial charge < -0.3 is 5.73 Å². The normalized spacial score (nSPS) is 10.4. The predicted octanol–water partition coefficient (Wildman–Crippen LogP) is 0.865. The van der Waals surface area contributed by atoms with Gasteiger partial charge in [0.15, 0.2) is 0 Å². The molecule has 0 saturated carbocycles. The minimum absolute atomic E-state index is 0.305. The predicted molar refractivity (Wildman–Crippen MR) is 49.2 cm³/mol. The second-order valence-corrected chi connectivity index (χ2v) is 2.86. The van der Waals surface area contributed by atoms with E-state index >= 15 is 0 Å². The standard InChI is InChI=1S/C9H9FN4/c10-8-1-7(4-11)2-9(3-8)14-6-12-5-13-14/h1-3,5-6H,4,11H2. The molecule has 0 saturated heterocycles. The summed E-state index contributed by atoms with van der Waals surface area (Å²) in [6.45, 7) is 0.305. The Morgan fingerprint density at radius 1 is 1.36 bits per heavy atom. The van der Waals surface area contributed by atoms with E-state index in [-0.39, 0.29) is 5.82 Å². The highest BCUT2D eigenvalue weighted by Crippen LogP contribution is 2.11. The Morgan fingerprint density at radius 2 is 2.21 bits per heavy atom. The van der Waals surface area contributed by atoms with E-state index < -0.39 is 0 Å². The molecule has 2 aromatic rings. The van der Waals surface area contributed by atoms with Crippen molar-refractivity contribution in [2.75, 3.05) is 0 Å². The summed E-state index contributed by atoms with van der Waals surface area (Å²) in [7, 11) is 0. The van der Waals surface area contributed by atoms with Crippen LogP contribution in [0.2, 0.25) is 0 Å². The number of nitrogens with two attached hydrogens (primary N) is 1. The van der Waals surface area contributed by atoms with Crippen molar-refractivity contribution in [3.63, 3.8) is 0 Å². The van der Waals surface area contributed by atoms with E-state index in [0.29, 0.717) is 12.2 Å². The van der Waals surface area contributed by atoms with Gasteiger partial charge in [-0.25, -0.2) is 14.1 Å². The maximum Gasteiger partial charge on any atom is 0.138 e. The molecule has 14 heavy (non-hydrogen) atoms. The second-order valence-electron chi connectivity index (χ2n) is 2.86. The summed E-state index contributed by atoms with van der Waals surface area (Å²) < 4.78 is 14.6. The molecule has 2 rings (SSSR count). The average molecular weight is 192 g/mol. The van der Waals surface area contributed by atoms with Gasteiger partial charge in [-0.15, -0.1) is 0 Å². The molecule has 0 spiro atoms. The van der Waals surface area contributed by atoms with Gasteiger partial charge in [-0.2, -0.15) is 5.10 Å². The fraction of sp³-hybridized carbons (Fsp3) is 0.111. The summed E-state index contributed by atoms with van der Waals surface area (Å²) >= 11 is 0. The van der Waals surface area contributed by atoms with Crippen molar-refractivity contribution in [3.8, 4) is 5.69 Å². The lowest BCUT2D eigenvalue weighted by Crippen LogP contribution is -2.01. The summed E-state index contributed by atoms with van der Waals surface area (Å²) in [4.78, 5) is 3.78. The van der Waals surface area contributed by atoms with Crippen molar-refractivity contribution >= 4 is 0 Å². The molecule has 0 atom stereocenters. The summed E-state index contributed by atoms with van der Waals surface area (Å²) in [5.74, 6) is -0.321. The third-order valence-electron chi connectivity index (χ3n) is 1.86. The zero-order valence-electron chi connectivity index (χ0n) is 7.39. The monoisotopic (exact) mass is 192 g/mol. The SMILES string of the molecule is NCc1cc(F)cc(-n2cncn2)c1. The van der Waals surface area contributed by atoms with Gasteiger partial charge in [0.25, 0.3) is 0 Å². The van der Waals surface area contributed by atoms with Crippen LogP contribution < -0.4 is 5.73 Å². The minimum Gasteiger partial charge on any atom is -0.326 e. The smallest absolute Gasteiger partial charge is 0.138 e. The van der Waals surface area contributed by atoms with Gasteiger partial charge in [0.2, 0.25) is 0 Å². The lowest BCUT2D eigenvalue weighted by molar-refractivity contribution is 0.623. The van der Waals surface area contributed by atoms with Crippen LogP contribution in [0.3, 0.4) is 0 Å². The molecule has 1 aromatic heterocycles. The van der Waals surface area contributed by atoms with Crippen molar-refractivity contribution < 1.29 is 4.39 Å². The van der Waals surface area contributed by atoms with Crippen molar-refractivity contribution in [1.82, 2.24) is 14.8 Å². The Hall–Kier alpha value is -1.75. The Morgan fingerprint density at radius 3 is 2.86 bits per heavy atom. The van der Waals surface area contributed by atoms with Crippen molar-refractivity contribution in [3.05, 3.63) is 42.2 Å². The first-order valence-corrected chi connectivity index (χ1v) is 4.14. The molecule has 0 bridgehead atoms. The fourth-order valence-electron chi connectivity index (χ4n) is 1.23. The lowest BCUT2D eigenvalue weighted by Gasteiger charge is -2.03. The largest absolute Gasteiger partial charge is 0.326 e. The molecule has 0 unspecified atom stereocenters. The van der Waals surface area contributed by atoms with Crippen LogP contribution in [0.4, 0.5) is 4.39 Å². The van der Waals surface area contributed by atoms with Crippen LogP contribution in [-0.4, -0.2) is 14.8 Å². The maximum absolute atomic E-state index is 13.1. The van der Waals surface area contributed by atoms with Crippen molar-refractivity contribution in [2.24, 2.45) is 5.73 Å². The zero-order chi connectivity index (χ0) is 9.97. The average Bonchev–Trinajstić information content (AvgIpc) is 2.69. The molecule has 0 aliphatic heterocycles. The summed E-state index contributed by atoms with van der Waals surface area (Å²) in [5.41, 5.74) is 6.79. The van der Waals surface area contributed by atoms with E-state index in [1.165, 1.54) is 29.5 Å². The molecular formula is C9H9FN4. The van der Waals surface area contributed by atoms with E-state index in [2.05, 4.69) is 10.1 Å². The van der Waals surface area contributed by atoms with Crippen LogP contribution in [0.5, 0.6) is 0 Å². The summed E-state index contributed by atoms with van der Waals surface area (Å²) in [5, 5.41) is 3.90. The Bertz CT molecular complexity index is 424. The highest BCUT2D eigenvalue weighted by atomic mass is 19.1. The molecule has 0 radical (unpaired) electrons. The van der Waals surface area contributed by atoms with Crippen LogP contribution in [0.1, 0.15) is 5.56 Å². The molecule has 0 fully saturated rings. The van der Waals surface area contributed by atoms with Crippen molar-refractivity contribution in [2.45, 2.75) is 6.54 Å². The number of nitrogens with zero attached hydrogens (tertiary/aromatic N) is 3. The molecule has 72 valence electrons. The molecular weight excluding hydrogens is 183 g/mol. The van der Waals surface area contributed by atoms with Gasteiger partial charge in [0.05, 0.1) is 5.69 Å². The van der Waals surface area contributed by atoms with Gasteiger partial charge in [0, 0.05) is 6.54 Å². The van der Waals surface area contributed by atoms with Gasteiger partial charge in [-0.3, -0.25) is 0 Å². The third kappa shape index (κ3) is 1.62. The molecule has 1 heterocycles. The maximum atomic E-state index is 13.1. The Labute approximate surface area is 80.2 Å². The van der Waals surface area contributed by atoms with Crippen molar-refractivity contribution in [1.29, 1.82) is 0 Å². The Balaban J connectivity index is 2.48. The first-order valence-electron chi connectivity index (χ1n) is 4.14. The molecule has 0 amide bonds. The molecule has 0 aliphatic carbocycles. The lowest BCUT2D eigenvalue weighted by atomic mass is 10.2. The summed E-state index contributed by atoms with van der Waals surface area (Å²) in [6.07, 6.45) is 2.90. The van der Waals surface area contributed by atoms with E-state index in [0.717, 1.165) is 5.56 Å². The first-order chi connectivity index (χ1) is 6.79. The minimum atomic E-state index is -0.321. The first kappa shape index (κ1) is 8.83. The second kappa shape index (κ2) is 3.55. The van der Waals surface area contributed by atoms with Crippen LogP contribution in [-0.2, 0) is 6.54 Å². The van der Waals surface area contributed by atoms with E-state index in [1.807, 2.05) is 0 Å². The number of aromatic nitrogens is 3. The number of hydrogen-bond donors (Lipinski definition) is 1. The quantitative estimate of drug-likeness (QED) is 0.767. The molecule has 0 aliphatic rings. The molecule has 2 N–H and O–H groups in total. The topological polar surface area (TPSA) is 56.7 Å². The van der Waals surface area contributed by atoms with Crippen LogP contribution in [0.15, 0.2) is 30.9 Å². The third-order valence-corrected chi connectivity index (χ3v) is 1.86. The Kier molecular flexibility index (Phi) is 2.24. The van der Waals surface area contributed by atoms with Gasteiger partial charge in [0.1, 0.15) is 18.5 Å². The number of hydrogen-bond acceptors (Lipinski definition) is 3. The van der Waals surface area contributed by atoms with Gasteiger partial charge in [-0.1, -0.05) is 0 Å². The number of benzene rings is 1. The van der Waals surface area contributed by atoms with Crippen LogP contribution in [0.25, 0.3) is 5.69 Å². The fourth-order valence-corrected chi connectivity index (χ4v) is 1.23. The molecule has 1 aromatic carbocycles. The van der Waals surface area contributed by atoms with Crippen LogP contribution in [0, 0.1) is 5.82 Å². The number of rotatable bonds is 2. The molecule has 4 nitrogen and oxygen atoms in total. The van der Waals surface area contributed by atoms with Gasteiger partial charge >= 0.3 is 0 Å². The van der Waals surface area contributed by atoms with E-state index in [9.17, 15) is 4.39 Å². The number of halogens is 1. The van der Waals surface area contributed by atoms with E-state index in [1.54, 1.807) is 6.07 Å². The van der Waals surface area contributed by atoms with Crippen LogP contribution >= 0.6 is 0 Å². The molecule has 5 heteroatoms. The van der Waals surface area contributed by atoms with Gasteiger partial charge in [-0.05, 0) is 23.8 Å². The summed E-state index contributed by atoms with van der Waals surface area (Å²) in [6, 6.07) is 4.56. The van der Waals surface area contributed by atoms with E-state index in [4.69, 9.17) is 5.73 Å².